The summed E-state index contributed by atoms with van der Waals surface area (Å²) in [6, 6.07) is 10.6. The van der Waals surface area contributed by atoms with Crippen LogP contribution in [-0.4, -0.2) is 9.91 Å². The largest absolute Gasteiger partial charge is 0.366 e. The minimum absolute atomic E-state index is 0.0308. The van der Waals surface area contributed by atoms with Gasteiger partial charge in [0.25, 0.3) is 5.69 Å². The fourth-order valence-corrected chi connectivity index (χ4v) is 1.69. The average molecular weight is 308 g/mol. The lowest BCUT2D eigenvalue weighted by atomic mass is 10.2. The van der Waals surface area contributed by atoms with Gasteiger partial charge in [-0.1, -0.05) is 28.1 Å². The molecule has 0 bridgehead atoms. The predicted molar refractivity (Wildman–Crippen MR) is 72.4 cm³/mol. The number of nitro groups is 1. The van der Waals surface area contributed by atoms with Gasteiger partial charge in [-0.25, -0.2) is 4.98 Å². The highest BCUT2D eigenvalue weighted by atomic mass is 79.9. The first kappa shape index (κ1) is 12.5. The van der Waals surface area contributed by atoms with Gasteiger partial charge in [0.2, 0.25) is 0 Å². The summed E-state index contributed by atoms with van der Waals surface area (Å²) in [7, 11) is 0. The molecular weight excluding hydrogens is 298 g/mol. The van der Waals surface area contributed by atoms with Crippen LogP contribution in [-0.2, 0) is 6.54 Å². The molecule has 0 spiro atoms. The van der Waals surface area contributed by atoms with Crippen molar-refractivity contribution >= 4 is 27.4 Å². The van der Waals surface area contributed by atoms with Crippen LogP contribution in [0.15, 0.2) is 47.1 Å². The molecule has 0 saturated heterocycles. The van der Waals surface area contributed by atoms with Crippen molar-refractivity contribution in [1.29, 1.82) is 0 Å². The molecule has 0 unspecified atom stereocenters. The van der Waals surface area contributed by atoms with Gasteiger partial charge >= 0.3 is 0 Å². The first-order chi connectivity index (χ1) is 8.65. The second kappa shape index (κ2) is 5.59. The van der Waals surface area contributed by atoms with Gasteiger partial charge in [-0.3, -0.25) is 10.1 Å². The Morgan fingerprint density at radius 3 is 2.67 bits per heavy atom. The Hall–Kier alpha value is -1.95. The van der Waals surface area contributed by atoms with Crippen LogP contribution >= 0.6 is 15.9 Å². The van der Waals surface area contributed by atoms with Crippen LogP contribution in [0.2, 0.25) is 0 Å². The van der Waals surface area contributed by atoms with E-state index in [4.69, 9.17) is 0 Å². The van der Waals surface area contributed by atoms with Crippen LogP contribution in [0.4, 0.5) is 11.5 Å². The maximum absolute atomic E-state index is 10.6. The summed E-state index contributed by atoms with van der Waals surface area (Å²) in [6.07, 6.45) is 1.42. The van der Waals surface area contributed by atoms with E-state index in [-0.39, 0.29) is 5.69 Å². The first-order valence-corrected chi connectivity index (χ1v) is 6.03. The summed E-state index contributed by atoms with van der Waals surface area (Å²) >= 11 is 3.36. The molecule has 2 aromatic rings. The van der Waals surface area contributed by atoms with Crippen molar-refractivity contribution in [1.82, 2.24) is 4.98 Å². The zero-order valence-electron chi connectivity index (χ0n) is 9.34. The molecule has 1 aromatic carbocycles. The SMILES string of the molecule is O=[N+]([O-])c1ccnc(NCc2ccc(Br)cc2)c1. The van der Waals surface area contributed by atoms with Crippen molar-refractivity contribution < 1.29 is 4.92 Å². The zero-order valence-corrected chi connectivity index (χ0v) is 10.9. The van der Waals surface area contributed by atoms with E-state index < -0.39 is 4.92 Å². The van der Waals surface area contributed by atoms with Gasteiger partial charge < -0.3 is 5.32 Å². The highest BCUT2D eigenvalue weighted by Crippen LogP contribution is 2.16. The van der Waals surface area contributed by atoms with Crippen LogP contribution < -0.4 is 5.32 Å². The Bertz CT molecular complexity index is 558. The summed E-state index contributed by atoms with van der Waals surface area (Å²) in [6.45, 7) is 0.571. The quantitative estimate of drug-likeness (QED) is 0.694. The lowest BCUT2D eigenvalue weighted by Gasteiger charge is -2.05. The Morgan fingerprint density at radius 2 is 2.00 bits per heavy atom. The molecule has 0 saturated carbocycles. The van der Waals surface area contributed by atoms with E-state index in [1.54, 1.807) is 0 Å². The number of hydrogen-bond donors (Lipinski definition) is 1. The fourth-order valence-electron chi connectivity index (χ4n) is 1.42. The highest BCUT2D eigenvalue weighted by molar-refractivity contribution is 9.10. The van der Waals surface area contributed by atoms with E-state index in [1.807, 2.05) is 24.3 Å². The number of nitrogens with zero attached hydrogens (tertiary/aromatic N) is 2. The second-order valence-electron chi connectivity index (χ2n) is 3.64. The number of pyridine rings is 1. The number of hydrogen-bond acceptors (Lipinski definition) is 4. The molecule has 0 aliphatic carbocycles. The molecule has 5 nitrogen and oxygen atoms in total. The number of rotatable bonds is 4. The third-order valence-corrected chi connectivity index (χ3v) is 2.87. The molecule has 92 valence electrons. The second-order valence-corrected chi connectivity index (χ2v) is 4.55. The first-order valence-electron chi connectivity index (χ1n) is 5.24. The van der Waals surface area contributed by atoms with Crippen molar-refractivity contribution in [2.45, 2.75) is 6.54 Å². The van der Waals surface area contributed by atoms with Crippen molar-refractivity contribution in [3.63, 3.8) is 0 Å². The summed E-state index contributed by atoms with van der Waals surface area (Å²) in [5.41, 5.74) is 1.11. The minimum atomic E-state index is -0.438. The van der Waals surface area contributed by atoms with Gasteiger partial charge in [-0.2, -0.15) is 0 Å². The monoisotopic (exact) mass is 307 g/mol. The van der Waals surface area contributed by atoms with Crippen LogP contribution in [0.1, 0.15) is 5.56 Å². The smallest absolute Gasteiger partial charge is 0.274 e. The lowest BCUT2D eigenvalue weighted by Crippen LogP contribution is -2.01. The fraction of sp³-hybridized carbons (Fsp3) is 0.0833. The van der Waals surface area contributed by atoms with Gasteiger partial charge in [0, 0.05) is 23.3 Å². The third kappa shape index (κ3) is 3.27. The Labute approximate surface area is 112 Å². The summed E-state index contributed by atoms with van der Waals surface area (Å²) < 4.78 is 1.01. The van der Waals surface area contributed by atoms with Gasteiger partial charge in [-0.05, 0) is 17.7 Å². The maximum atomic E-state index is 10.6. The Morgan fingerprint density at radius 1 is 1.28 bits per heavy atom. The Kier molecular flexibility index (Phi) is 3.88. The van der Waals surface area contributed by atoms with Crippen LogP contribution in [0.3, 0.4) is 0 Å². The van der Waals surface area contributed by atoms with Gasteiger partial charge in [-0.15, -0.1) is 0 Å². The van der Waals surface area contributed by atoms with Crippen LogP contribution in [0, 0.1) is 10.1 Å². The predicted octanol–water partition coefficient (Wildman–Crippen LogP) is 3.36. The topological polar surface area (TPSA) is 68.1 Å². The number of nitrogens with one attached hydrogen (secondary N) is 1. The summed E-state index contributed by atoms with van der Waals surface area (Å²) in [5.74, 6) is 0.493. The summed E-state index contributed by atoms with van der Waals surface area (Å²) in [5, 5.41) is 13.7. The normalized spacial score (nSPS) is 10.1. The van der Waals surface area contributed by atoms with E-state index in [0.717, 1.165) is 10.0 Å². The lowest BCUT2D eigenvalue weighted by molar-refractivity contribution is -0.384. The molecule has 0 aliphatic heterocycles. The molecule has 0 aliphatic rings. The van der Waals surface area contributed by atoms with Crippen LogP contribution in [0.5, 0.6) is 0 Å². The summed E-state index contributed by atoms with van der Waals surface area (Å²) in [4.78, 5) is 14.2. The molecular formula is C12H10BrN3O2. The van der Waals surface area contributed by atoms with Crippen molar-refractivity contribution in [2.24, 2.45) is 0 Å². The van der Waals surface area contributed by atoms with E-state index in [9.17, 15) is 10.1 Å². The molecule has 0 amide bonds. The standard InChI is InChI=1S/C12H10BrN3O2/c13-10-3-1-9(2-4-10)8-15-12-7-11(16(17)18)5-6-14-12/h1-7H,8H2,(H,14,15). The van der Waals surface area contributed by atoms with E-state index in [0.29, 0.717) is 12.4 Å². The number of aromatic nitrogens is 1. The van der Waals surface area contributed by atoms with E-state index in [2.05, 4.69) is 26.2 Å². The minimum Gasteiger partial charge on any atom is -0.366 e. The third-order valence-electron chi connectivity index (χ3n) is 2.34. The number of halogens is 1. The molecule has 0 fully saturated rings. The van der Waals surface area contributed by atoms with Crippen molar-refractivity contribution in [3.05, 3.63) is 62.7 Å². The van der Waals surface area contributed by atoms with Gasteiger partial charge in [0.1, 0.15) is 5.82 Å². The molecule has 1 heterocycles. The van der Waals surface area contributed by atoms with Gasteiger partial charge in [0.05, 0.1) is 11.0 Å². The molecule has 1 aromatic heterocycles. The van der Waals surface area contributed by atoms with Crippen molar-refractivity contribution in [2.75, 3.05) is 5.32 Å². The number of benzene rings is 1. The van der Waals surface area contributed by atoms with E-state index in [1.165, 1.54) is 18.3 Å². The average Bonchev–Trinajstić information content (AvgIpc) is 2.38. The van der Waals surface area contributed by atoms with E-state index >= 15 is 0 Å². The van der Waals surface area contributed by atoms with Gasteiger partial charge in [0.15, 0.2) is 0 Å². The molecule has 6 heteroatoms. The molecule has 2 rings (SSSR count). The van der Waals surface area contributed by atoms with Crippen molar-refractivity contribution in [3.8, 4) is 0 Å². The maximum Gasteiger partial charge on any atom is 0.274 e. The Balaban J connectivity index is 2.04. The highest BCUT2D eigenvalue weighted by Gasteiger charge is 2.06. The number of anilines is 1. The van der Waals surface area contributed by atoms with Crippen LogP contribution in [0.25, 0.3) is 0 Å². The molecule has 18 heavy (non-hydrogen) atoms. The molecule has 1 N–H and O–H groups in total. The molecule has 0 atom stereocenters. The molecule has 0 radical (unpaired) electrons. The zero-order chi connectivity index (χ0) is 13.0.